The number of hydrogen-bond donors (Lipinski definition) is 0. The van der Waals surface area contributed by atoms with E-state index in [0.29, 0.717) is 0 Å². The maximum absolute atomic E-state index is 9.66. The van der Waals surface area contributed by atoms with Crippen LogP contribution in [0.4, 0.5) is 0 Å². The quantitative estimate of drug-likeness (QED) is 0.239. The smallest absolute Gasteiger partial charge is 0.800 e. The summed E-state index contributed by atoms with van der Waals surface area (Å²) in [5.74, 6) is 0. The van der Waals surface area contributed by atoms with E-state index < -0.39 is 7.37 Å². The van der Waals surface area contributed by atoms with E-state index in [0.717, 1.165) is 0 Å². The topological polar surface area (TPSA) is 40.1 Å². The van der Waals surface area contributed by atoms with Gasteiger partial charge in [0.1, 0.15) is 0 Å². The predicted molar refractivity (Wildman–Crippen MR) is 19.5 cm³/mol. The molecule has 0 amide bonds. The van der Waals surface area contributed by atoms with E-state index in [1.54, 1.807) is 0 Å². The minimum absolute atomic E-state index is 0. The fourth-order valence-corrected chi connectivity index (χ4v) is 0. The second-order valence-corrected chi connectivity index (χ2v) is 3.76. The molecule has 0 saturated heterocycles. The standard InChI is InChI=1S/C2H7O2P.Li/c1-5(2,3)4;/h1-2H3,(H,3,4);/q;+1/p-1. The van der Waals surface area contributed by atoms with Crippen LogP contribution in [-0.2, 0) is 4.57 Å². The monoisotopic (exact) mass is 100 g/mol. The minimum Gasteiger partial charge on any atom is -0.800 e. The second-order valence-electron chi connectivity index (χ2n) is 1.25. The molecule has 0 spiro atoms. The summed E-state index contributed by atoms with van der Waals surface area (Å²) in [7, 11) is -2.89. The average Bonchev–Trinajstić information content (AvgIpc) is 0.722. The zero-order chi connectivity index (χ0) is 4.50. The van der Waals surface area contributed by atoms with Crippen LogP contribution in [0.15, 0.2) is 0 Å². The molecule has 0 aromatic carbocycles. The van der Waals surface area contributed by atoms with Crippen LogP contribution >= 0.6 is 7.37 Å². The number of hydrogen-bond acceptors (Lipinski definition) is 2. The third-order valence-electron chi connectivity index (χ3n) is 0. The van der Waals surface area contributed by atoms with Gasteiger partial charge in [0.05, 0.1) is 0 Å². The van der Waals surface area contributed by atoms with Gasteiger partial charge in [-0.3, -0.25) is 0 Å². The summed E-state index contributed by atoms with van der Waals surface area (Å²) in [6, 6.07) is 0. The molecule has 0 fully saturated rings. The molecule has 0 heterocycles. The van der Waals surface area contributed by atoms with Gasteiger partial charge in [-0.05, 0) is 13.3 Å². The largest absolute Gasteiger partial charge is 1.00 e. The molecule has 0 aliphatic carbocycles. The van der Waals surface area contributed by atoms with Gasteiger partial charge in [0.2, 0.25) is 0 Å². The van der Waals surface area contributed by atoms with E-state index in [4.69, 9.17) is 0 Å². The molecule has 32 valence electrons. The molecule has 2 nitrogen and oxygen atoms in total. The summed E-state index contributed by atoms with van der Waals surface area (Å²) in [5.41, 5.74) is 0. The van der Waals surface area contributed by atoms with Gasteiger partial charge >= 0.3 is 18.9 Å². The Morgan fingerprint density at radius 1 is 1.50 bits per heavy atom. The van der Waals surface area contributed by atoms with Gasteiger partial charge in [0.25, 0.3) is 0 Å². The summed E-state index contributed by atoms with van der Waals surface area (Å²) >= 11 is 0. The Morgan fingerprint density at radius 3 is 1.50 bits per heavy atom. The van der Waals surface area contributed by atoms with Crippen LogP contribution in [0.1, 0.15) is 0 Å². The van der Waals surface area contributed by atoms with Gasteiger partial charge in [-0.25, -0.2) is 0 Å². The summed E-state index contributed by atoms with van der Waals surface area (Å²) in [6.45, 7) is 2.38. The van der Waals surface area contributed by atoms with E-state index in [1.807, 2.05) is 0 Å². The zero-order valence-electron chi connectivity index (χ0n) is 4.26. The van der Waals surface area contributed by atoms with E-state index in [9.17, 15) is 9.46 Å². The Hall–Kier alpha value is 0.787. The van der Waals surface area contributed by atoms with Crippen molar-refractivity contribution >= 4 is 7.37 Å². The molecule has 4 heteroatoms. The Labute approximate surface area is 49.6 Å². The molecular weight excluding hydrogens is 93.9 g/mol. The molecule has 0 radical (unpaired) electrons. The van der Waals surface area contributed by atoms with Gasteiger partial charge in [-0.15, -0.1) is 0 Å². The van der Waals surface area contributed by atoms with Crippen molar-refractivity contribution in [2.24, 2.45) is 0 Å². The summed E-state index contributed by atoms with van der Waals surface area (Å²) in [5, 5.41) is 0. The molecule has 0 bridgehead atoms. The van der Waals surface area contributed by atoms with Crippen molar-refractivity contribution in [1.29, 1.82) is 0 Å². The minimum atomic E-state index is -2.89. The molecule has 6 heavy (non-hydrogen) atoms. The van der Waals surface area contributed by atoms with Gasteiger partial charge in [0, 0.05) is 7.37 Å². The third kappa shape index (κ3) is 111. The Bertz CT molecular complexity index is 57.7. The van der Waals surface area contributed by atoms with Crippen molar-refractivity contribution in [3.63, 3.8) is 0 Å². The Morgan fingerprint density at radius 2 is 1.50 bits per heavy atom. The number of rotatable bonds is 0. The van der Waals surface area contributed by atoms with Crippen LogP contribution < -0.4 is 23.8 Å². The maximum Gasteiger partial charge on any atom is 1.00 e. The van der Waals surface area contributed by atoms with Crippen LogP contribution in [0.5, 0.6) is 0 Å². The average molecular weight is 100.0 g/mol. The summed E-state index contributed by atoms with van der Waals surface area (Å²) < 4.78 is 9.66. The predicted octanol–water partition coefficient (Wildman–Crippen LogP) is -3.11. The second kappa shape index (κ2) is 2.88. The van der Waals surface area contributed by atoms with E-state index in [-0.39, 0.29) is 18.9 Å². The van der Waals surface area contributed by atoms with Crippen LogP contribution in [0.2, 0.25) is 0 Å². The molecule has 0 aliphatic rings. The molecule has 0 N–H and O–H groups in total. The first-order valence-electron chi connectivity index (χ1n) is 1.26. The molecule has 0 unspecified atom stereocenters. The van der Waals surface area contributed by atoms with Crippen molar-refractivity contribution in [3.8, 4) is 0 Å². The summed E-state index contributed by atoms with van der Waals surface area (Å²) in [4.78, 5) is 9.66. The molecule has 0 aliphatic heterocycles. The molecule has 0 atom stereocenters. The molecule has 0 saturated carbocycles. The first kappa shape index (κ1) is 9.92. The van der Waals surface area contributed by atoms with Gasteiger partial charge in [-0.2, -0.15) is 0 Å². The first-order chi connectivity index (χ1) is 2.00. The Kier molecular flexibility index (Phi) is 4.76. The van der Waals surface area contributed by atoms with Crippen LogP contribution in [0.3, 0.4) is 0 Å². The van der Waals surface area contributed by atoms with Crippen molar-refractivity contribution < 1.29 is 28.3 Å². The van der Waals surface area contributed by atoms with Crippen molar-refractivity contribution in [3.05, 3.63) is 0 Å². The van der Waals surface area contributed by atoms with E-state index >= 15 is 0 Å². The van der Waals surface area contributed by atoms with Crippen molar-refractivity contribution in [2.45, 2.75) is 0 Å². The van der Waals surface area contributed by atoms with Crippen LogP contribution in [0, 0.1) is 0 Å². The fraction of sp³-hybridized carbons (Fsp3) is 1.00. The maximum atomic E-state index is 9.66. The van der Waals surface area contributed by atoms with Gasteiger partial charge < -0.3 is 9.46 Å². The van der Waals surface area contributed by atoms with E-state index in [2.05, 4.69) is 0 Å². The summed E-state index contributed by atoms with van der Waals surface area (Å²) in [6.07, 6.45) is 0. The Balaban J connectivity index is 0. The zero-order valence-corrected chi connectivity index (χ0v) is 5.16. The van der Waals surface area contributed by atoms with Crippen LogP contribution in [-0.4, -0.2) is 13.3 Å². The molecular formula is C2H6LiO2P. The fourth-order valence-electron chi connectivity index (χ4n) is 0. The van der Waals surface area contributed by atoms with Gasteiger partial charge in [-0.1, -0.05) is 0 Å². The molecule has 0 aromatic heterocycles. The molecule has 0 rings (SSSR count). The normalized spacial score (nSPS) is 9.83. The molecule has 0 aromatic rings. The van der Waals surface area contributed by atoms with Crippen molar-refractivity contribution in [2.75, 3.05) is 13.3 Å². The van der Waals surface area contributed by atoms with Crippen LogP contribution in [0.25, 0.3) is 0 Å². The SMILES string of the molecule is CP(C)(=O)[O-].[Li+]. The third-order valence-corrected chi connectivity index (χ3v) is 0. The van der Waals surface area contributed by atoms with Gasteiger partial charge in [0.15, 0.2) is 0 Å². The first-order valence-corrected chi connectivity index (χ1v) is 3.78. The van der Waals surface area contributed by atoms with E-state index in [1.165, 1.54) is 13.3 Å². The van der Waals surface area contributed by atoms with Crippen molar-refractivity contribution in [1.82, 2.24) is 0 Å².